The number of thiazole rings is 1. The van der Waals surface area contributed by atoms with Gasteiger partial charge in [-0.05, 0) is 50.3 Å². The van der Waals surface area contributed by atoms with Crippen LogP contribution in [0.1, 0.15) is 16.1 Å². The van der Waals surface area contributed by atoms with Gasteiger partial charge in [-0.25, -0.2) is 4.98 Å². The number of nitrogens with one attached hydrogen (secondary N) is 1. The summed E-state index contributed by atoms with van der Waals surface area (Å²) in [6, 6.07) is 21.9. The third-order valence-electron chi connectivity index (χ3n) is 4.88. The Kier molecular flexibility index (Phi) is 5.74. The van der Waals surface area contributed by atoms with Crippen LogP contribution in [0.2, 0.25) is 0 Å². The van der Waals surface area contributed by atoms with Gasteiger partial charge in [0.1, 0.15) is 0 Å². The molecule has 1 atom stereocenters. The van der Waals surface area contributed by atoms with Crippen LogP contribution < -0.4 is 5.32 Å². The Hall–Kier alpha value is -2.96. The second kappa shape index (κ2) is 8.59. The summed E-state index contributed by atoms with van der Waals surface area (Å²) in [4.78, 5) is 19.3. The minimum absolute atomic E-state index is 0.194. The van der Waals surface area contributed by atoms with Crippen molar-refractivity contribution in [2.75, 3.05) is 20.6 Å². The molecule has 2 aromatic carbocycles. The molecule has 0 spiro atoms. The van der Waals surface area contributed by atoms with Crippen molar-refractivity contribution < 1.29 is 9.21 Å². The number of benzene rings is 2. The fourth-order valence-corrected chi connectivity index (χ4v) is 4.10. The largest absolute Gasteiger partial charge is 0.448 e. The van der Waals surface area contributed by atoms with E-state index in [-0.39, 0.29) is 11.9 Å². The van der Waals surface area contributed by atoms with Crippen LogP contribution in [0.4, 0.5) is 0 Å². The first-order chi connectivity index (χ1) is 14.1. The lowest BCUT2D eigenvalue weighted by Crippen LogP contribution is -2.41. The summed E-state index contributed by atoms with van der Waals surface area (Å²) in [5.74, 6) is 0.707. The predicted octanol–water partition coefficient (Wildman–Crippen LogP) is 4.46. The minimum Gasteiger partial charge on any atom is -0.448 e. The third-order valence-corrected chi connectivity index (χ3v) is 5.93. The zero-order valence-electron chi connectivity index (χ0n) is 16.5. The molecule has 1 N–H and O–H groups in total. The molecule has 6 heteroatoms. The Morgan fingerprint density at radius 1 is 1.07 bits per heavy atom. The highest BCUT2D eigenvalue weighted by Gasteiger charge is 2.18. The number of fused-ring (bicyclic) bond motifs is 1. The number of hydrogen-bond acceptors (Lipinski definition) is 5. The van der Waals surface area contributed by atoms with Gasteiger partial charge in [0.05, 0.1) is 10.2 Å². The van der Waals surface area contributed by atoms with E-state index < -0.39 is 0 Å². The molecule has 5 nitrogen and oxygen atoms in total. The monoisotopic (exact) mass is 405 g/mol. The molecule has 2 heterocycles. The molecule has 4 rings (SSSR count). The van der Waals surface area contributed by atoms with Crippen LogP contribution in [0.3, 0.4) is 0 Å². The fourth-order valence-electron chi connectivity index (χ4n) is 3.17. The Labute approximate surface area is 174 Å². The van der Waals surface area contributed by atoms with Crippen molar-refractivity contribution in [3.63, 3.8) is 0 Å². The standard InChI is InChI=1S/C23H23N3O2S/c1-26(2)17(14-16-8-4-3-5-9-16)15-24-22(27)19-12-13-20(28-19)23-25-18-10-6-7-11-21(18)29-23/h3-13,17H,14-15H2,1-2H3,(H,24,27). The van der Waals surface area contributed by atoms with Crippen molar-refractivity contribution >= 4 is 27.5 Å². The minimum atomic E-state index is -0.211. The number of carbonyl (C=O) groups excluding carboxylic acids is 1. The first-order valence-corrected chi connectivity index (χ1v) is 10.4. The van der Waals surface area contributed by atoms with Crippen LogP contribution in [-0.4, -0.2) is 42.5 Å². The quantitative estimate of drug-likeness (QED) is 0.493. The first-order valence-electron chi connectivity index (χ1n) is 9.54. The van der Waals surface area contributed by atoms with Crippen LogP contribution in [0.15, 0.2) is 71.1 Å². The molecule has 0 aliphatic heterocycles. The average Bonchev–Trinajstić information content (AvgIpc) is 3.38. The lowest BCUT2D eigenvalue weighted by Gasteiger charge is -2.24. The molecule has 0 aliphatic carbocycles. The topological polar surface area (TPSA) is 58.4 Å². The van der Waals surface area contributed by atoms with E-state index in [0.29, 0.717) is 18.1 Å². The maximum Gasteiger partial charge on any atom is 0.287 e. The molecule has 0 bridgehead atoms. The number of rotatable bonds is 7. The van der Waals surface area contributed by atoms with Crippen LogP contribution in [-0.2, 0) is 6.42 Å². The molecule has 0 saturated heterocycles. The molecule has 148 valence electrons. The fraction of sp³-hybridized carbons (Fsp3) is 0.217. The summed E-state index contributed by atoms with van der Waals surface area (Å²) in [5, 5.41) is 3.78. The second-order valence-corrected chi connectivity index (χ2v) is 8.20. The molecule has 0 saturated carbocycles. The van der Waals surface area contributed by atoms with Crippen molar-refractivity contribution in [3.8, 4) is 10.8 Å². The number of hydrogen-bond donors (Lipinski definition) is 1. The van der Waals surface area contributed by atoms with E-state index in [1.165, 1.54) is 5.56 Å². The summed E-state index contributed by atoms with van der Waals surface area (Å²) >= 11 is 1.56. The Morgan fingerprint density at radius 2 is 1.83 bits per heavy atom. The smallest absolute Gasteiger partial charge is 0.287 e. The van der Waals surface area contributed by atoms with Gasteiger partial charge in [-0.15, -0.1) is 11.3 Å². The highest BCUT2D eigenvalue weighted by molar-refractivity contribution is 7.21. The Morgan fingerprint density at radius 3 is 2.59 bits per heavy atom. The summed E-state index contributed by atoms with van der Waals surface area (Å²) in [6.45, 7) is 0.540. The van der Waals surface area contributed by atoms with Crippen LogP contribution in [0.5, 0.6) is 0 Å². The average molecular weight is 406 g/mol. The molecule has 0 aliphatic rings. The number of para-hydroxylation sites is 1. The molecule has 0 fully saturated rings. The predicted molar refractivity (Wildman–Crippen MR) is 117 cm³/mol. The van der Waals surface area contributed by atoms with Crippen molar-refractivity contribution in [3.05, 3.63) is 78.1 Å². The van der Waals surface area contributed by atoms with E-state index in [4.69, 9.17) is 4.42 Å². The number of furan rings is 1. The molecule has 4 aromatic rings. The normalized spacial score (nSPS) is 12.4. The number of nitrogens with zero attached hydrogens (tertiary/aromatic N) is 2. The molecular formula is C23H23N3O2S. The van der Waals surface area contributed by atoms with Crippen LogP contribution >= 0.6 is 11.3 Å². The lowest BCUT2D eigenvalue weighted by atomic mass is 10.1. The summed E-state index contributed by atoms with van der Waals surface area (Å²) in [5.41, 5.74) is 2.18. The van der Waals surface area contributed by atoms with Crippen molar-refractivity contribution in [1.82, 2.24) is 15.2 Å². The molecular weight excluding hydrogens is 382 g/mol. The van der Waals surface area contributed by atoms with Gasteiger partial charge in [0.2, 0.25) is 0 Å². The van der Waals surface area contributed by atoms with Crippen molar-refractivity contribution in [2.45, 2.75) is 12.5 Å². The Bertz CT molecular complexity index is 1070. The zero-order valence-corrected chi connectivity index (χ0v) is 17.3. The molecule has 1 amide bonds. The van der Waals surface area contributed by atoms with Gasteiger partial charge in [-0.2, -0.15) is 0 Å². The van der Waals surface area contributed by atoms with E-state index in [0.717, 1.165) is 21.6 Å². The summed E-state index contributed by atoms with van der Waals surface area (Å²) < 4.78 is 6.89. The van der Waals surface area contributed by atoms with Crippen LogP contribution in [0.25, 0.3) is 21.0 Å². The van der Waals surface area contributed by atoms with Crippen molar-refractivity contribution in [1.29, 1.82) is 0 Å². The van der Waals surface area contributed by atoms with Crippen LogP contribution in [0, 0.1) is 0 Å². The number of carbonyl (C=O) groups is 1. The van der Waals surface area contributed by atoms with E-state index in [1.807, 2.05) is 56.6 Å². The lowest BCUT2D eigenvalue weighted by molar-refractivity contribution is 0.0915. The number of likely N-dealkylation sites (N-methyl/N-ethyl adjacent to an activating group) is 1. The Balaban J connectivity index is 1.42. The maximum absolute atomic E-state index is 12.6. The second-order valence-electron chi connectivity index (χ2n) is 7.17. The SMILES string of the molecule is CN(C)C(CNC(=O)c1ccc(-c2nc3ccccc3s2)o1)Cc1ccccc1. The highest BCUT2D eigenvalue weighted by atomic mass is 32.1. The van der Waals surface area contributed by atoms with Gasteiger partial charge in [-0.1, -0.05) is 42.5 Å². The van der Waals surface area contributed by atoms with Gasteiger partial charge in [0, 0.05) is 12.6 Å². The molecule has 2 aromatic heterocycles. The summed E-state index contributed by atoms with van der Waals surface area (Å²) in [7, 11) is 4.05. The highest BCUT2D eigenvalue weighted by Crippen LogP contribution is 2.31. The van der Waals surface area contributed by atoms with Gasteiger partial charge >= 0.3 is 0 Å². The molecule has 1 unspecified atom stereocenters. The summed E-state index contributed by atoms with van der Waals surface area (Å²) in [6.07, 6.45) is 0.864. The van der Waals surface area contributed by atoms with Gasteiger partial charge in [-0.3, -0.25) is 4.79 Å². The first kappa shape index (κ1) is 19.4. The van der Waals surface area contributed by atoms with Gasteiger partial charge in [0.25, 0.3) is 5.91 Å². The van der Waals surface area contributed by atoms with E-state index >= 15 is 0 Å². The number of amides is 1. The van der Waals surface area contributed by atoms with Gasteiger partial charge in [0.15, 0.2) is 16.5 Å². The van der Waals surface area contributed by atoms with Crippen molar-refractivity contribution in [2.24, 2.45) is 0 Å². The maximum atomic E-state index is 12.6. The number of aromatic nitrogens is 1. The van der Waals surface area contributed by atoms with E-state index in [2.05, 4.69) is 27.3 Å². The molecule has 0 radical (unpaired) electrons. The van der Waals surface area contributed by atoms with E-state index in [1.54, 1.807) is 23.5 Å². The molecule has 29 heavy (non-hydrogen) atoms. The van der Waals surface area contributed by atoms with Gasteiger partial charge < -0.3 is 14.6 Å². The van der Waals surface area contributed by atoms with E-state index in [9.17, 15) is 4.79 Å². The zero-order chi connectivity index (χ0) is 20.2. The third kappa shape index (κ3) is 4.55.